The SMILES string of the molecule is CC(CNCc1ccco1)N(C)CC(F)(F)F. The van der Waals surface area contributed by atoms with Gasteiger partial charge in [0.25, 0.3) is 0 Å². The lowest BCUT2D eigenvalue weighted by atomic mass is 10.3. The van der Waals surface area contributed by atoms with Crippen LogP contribution in [0.15, 0.2) is 22.8 Å². The molecule has 0 aromatic carbocycles. The predicted molar refractivity (Wildman–Crippen MR) is 58.6 cm³/mol. The Kier molecular flexibility index (Phi) is 5.02. The summed E-state index contributed by atoms with van der Waals surface area (Å²) in [4.78, 5) is 1.27. The summed E-state index contributed by atoms with van der Waals surface area (Å²) < 4.78 is 41.5. The van der Waals surface area contributed by atoms with Crippen molar-refractivity contribution >= 4 is 0 Å². The van der Waals surface area contributed by atoms with Crippen molar-refractivity contribution < 1.29 is 17.6 Å². The Morgan fingerprint density at radius 2 is 2.18 bits per heavy atom. The molecule has 1 unspecified atom stereocenters. The maximum absolute atomic E-state index is 12.1. The van der Waals surface area contributed by atoms with Crippen molar-refractivity contribution in [2.75, 3.05) is 20.1 Å². The highest BCUT2D eigenvalue weighted by Gasteiger charge is 2.30. The van der Waals surface area contributed by atoms with Crippen LogP contribution in [0.1, 0.15) is 12.7 Å². The molecule has 0 bridgehead atoms. The van der Waals surface area contributed by atoms with Crippen LogP contribution >= 0.6 is 0 Å². The fourth-order valence-electron chi connectivity index (χ4n) is 1.41. The highest BCUT2D eigenvalue weighted by Crippen LogP contribution is 2.16. The van der Waals surface area contributed by atoms with Gasteiger partial charge in [0.2, 0.25) is 0 Å². The van der Waals surface area contributed by atoms with Gasteiger partial charge in [-0.05, 0) is 26.1 Å². The van der Waals surface area contributed by atoms with Gasteiger partial charge in [-0.2, -0.15) is 13.2 Å². The van der Waals surface area contributed by atoms with Gasteiger partial charge < -0.3 is 9.73 Å². The third kappa shape index (κ3) is 5.74. The second kappa shape index (κ2) is 6.07. The Morgan fingerprint density at radius 3 is 2.71 bits per heavy atom. The number of rotatable bonds is 6. The Morgan fingerprint density at radius 1 is 1.47 bits per heavy atom. The first-order chi connectivity index (χ1) is 7.88. The number of nitrogens with zero attached hydrogens (tertiary/aromatic N) is 1. The minimum Gasteiger partial charge on any atom is -0.468 e. The lowest BCUT2D eigenvalue weighted by Gasteiger charge is -2.25. The highest BCUT2D eigenvalue weighted by molar-refractivity contribution is 4.97. The van der Waals surface area contributed by atoms with Crippen molar-refractivity contribution in [2.45, 2.75) is 25.7 Å². The molecule has 0 fully saturated rings. The van der Waals surface area contributed by atoms with Gasteiger partial charge in [0, 0.05) is 12.6 Å². The molecule has 0 radical (unpaired) electrons. The van der Waals surface area contributed by atoms with E-state index in [1.165, 1.54) is 11.9 Å². The lowest BCUT2D eigenvalue weighted by molar-refractivity contribution is -0.146. The average molecular weight is 250 g/mol. The molecule has 1 heterocycles. The van der Waals surface area contributed by atoms with E-state index in [1.54, 1.807) is 19.3 Å². The van der Waals surface area contributed by atoms with E-state index in [1.807, 2.05) is 6.07 Å². The van der Waals surface area contributed by atoms with E-state index in [-0.39, 0.29) is 6.04 Å². The van der Waals surface area contributed by atoms with Crippen molar-refractivity contribution in [2.24, 2.45) is 0 Å². The summed E-state index contributed by atoms with van der Waals surface area (Å²) >= 11 is 0. The Bertz CT molecular complexity index is 311. The molecule has 1 N–H and O–H groups in total. The number of alkyl halides is 3. The maximum Gasteiger partial charge on any atom is 0.401 e. The maximum atomic E-state index is 12.1. The summed E-state index contributed by atoms with van der Waals surface area (Å²) in [6, 6.07) is 3.40. The zero-order valence-corrected chi connectivity index (χ0v) is 9.92. The van der Waals surface area contributed by atoms with E-state index in [9.17, 15) is 13.2 Å². The van der Waals surface area contributed by atoms with Crippen molar-refractivity contribution in [3.63, 3.8) is 0 Å². The number of likely N-dealkylation sites (N-methyl/N-ethyl adjacent to an activating group) is 1. The summed E-state index contributed by atoms with van der Waals surface area (Å²) in [6.45, 7) is 1.86. The molecule has 1 atom stereocenters. The highest BCUT2D eigenvalue weighted by atomic mass is 19.4. The molecule has 98 valence electrons. The molecule has 1 aromatic heterocycles. The van der Waals surface area contributed by atoms with E-state index >= 15 is 0 Å². The van der Waals surface area contributed by atoms with Gasteiger partial charge in [0.15, 0.2) is 0 Å². The van der Waals surface area contributed by atoms with Crippen molar-refractivity contribution in [1.82, 2.24) is 10.2 Å². The largest absolute Gasteiger partial charge is 0.468 e. The van der Waals surface area contributed by atoms with Gasteiger partial charge >= 0.3 is 6.18 Å². The molecular weight excluding hydrogens is 233 g/mol. The first kappa shape index (κ1) is 14.1. The second-order valence-corrected chi connectivity index (χ2v) is 4.09. The van der Waals surface area contributed by atoms with Gasteiger partial charge in [-0.1, -0.05) is 0 Å². The van der Waals surface area contributed by atoms with E-state index in [2.05, 4.69) is 5.32 Å². The normalized spacial score (nSPS) is 14.2. The summed E-state index contributed by atoms with van der Waals surface area (Å²) in [5, 5.41) is 3.05. The first-order valence-corrected chi connectivity index (χ1v) is 5.38. The number of hydrogen-bond acceptors (Lipinski definition) is 3. The smallest absolute Gasteiger partial charge is 0.401 e. The zero-order valence-electron chi connectivity index (χ0n) is 9.92. The molecule has 0 aliphatic heterocycles. The number of nitrogens with one attached hydrogen (secondary N) is 1. The predicted octanol–water partition coefficient (Wildman–Crippen LogP) is 2.25. The molecule has 3 nitrogen and oxygen atoms in total. The van der Waals surface area contributed by atoms with Crippen LogP contribution in [0.2, 0.25) is 0 Å². The summed E-state index contributed by atoms with van der Waals surface area (Å²) in [5.41, 5.74) is 0. The van der Waals surface area contributed by atoms with Crippen LogP contribution in [0, 0.1) is 0 Å². The van der Waals surface area contributed by atoms with Gasteiger partial charge in [0.1, 0.15) is 5.76 Å². The molecule has 0 amide bonds. The lowest BCUT2D eigenvalue weighted by Crippen LogP contribution is -2.42. The molecule has 17 heavy (non-hydrogen) atoms. The van der Waals surface area contributed by atoms with E-state index in [0.29, 0.717) is 13.1 Å². The van der Waals surface area contributed by atoms with Crippen LogP contribution in [0.5, 0.6) is 0 Å². The van der Waals surface area contributed by atoms with Gasteiger partial charge in [-0.3, -0.25) is 4.90 Å². The van der Waals surface area contributed by atoms with Crippen LogP contribution in [0.25, 0.3) is 0 Å². The zero-order chi connectivity index (χ0) is 12.9. The molecular formula is C11H17F3N2O. The minimum absolute atomic E-state index is 0.188. The molecule has 6 heteroatoms. The first-order valence-electron chi connectivity index (χ1n) is 5.38. The molecule has 0 spiro atoms. The summed E-state index contributed by atoms with van der Waals surface area (Å²) in [7, 11) is 1.47. The number of halogens is 3. The second-order valence-electron chi connectivity index (χ2n) is 4.09. The molecule has 0 aliphatic carbocycles. The van der Waals surface area contributed by atoms with Crippen molar-refractivity contribution in [3.05, 3.63) is 24.2 Å². The minimum atomic E-state index is -4.15. The number of hydrogen-bond donors (Lipinski definition) is 1. The van der Waals surface area contributed by atoms with Crippen LogP contribution in [-0.4, -0.2) is 37.3 Å². The molecule has 1 aromatic rings. The standard InChI is InChI=1S/C11H17F3N2O/c1-9(16(2)8-11(12,13)14)6-15-7-10-4-3-5-17-10/h3-5,9,15H,6-8H2,1-2H3. The van der Waals surface area contributed by atoms with Crippen molar-refractivity contribution in [3.8, 4) is 0 Å². The fourth-order valence-corrected chi connectivity index (χ4v) is 1.41. The van der Waals surface area contributed by atoms with E-state index in [4.69, 9.17) is 4.42 Å². The fraction of sp³-hybridized carbons (Fsp3) is 0.636. The third-order valence-corrected chi connectivity index (χ3v) is 2.50. The van der Waals surface area contributed by atoms with Crippen LogP contribution in [-0.2, 0) is 6.54 Å². The van der Waals surface area contributed by atoms with Crippen LogP contribution < -0.4 is 5.32 Å². The molecule has 0 aliphatic rings. The average Bonchev–Trinajstić information content (AvgIpc) is 2.67. The monoisotopic (exact) mass is 250 g/mol. The Labute approximate surface area is 98.6 Å². The van der Waals surface area contributed by atoms with E-state index < -0.39 is 12.7 Å². The van der Waals surface area contributed by atoms with Crippen LogP contribution in [0.4, 0.5) is 13.2 Å². The Balaban J connectivity index is 2.22. The topological polar surface area (TPSA) is 28.4 Å². The number of furan rings is 1. The van der Waals surface area contributed by atoms with Gasteiger partial charge in [0.05, 0.1) is 19.4 Å². The molecule has 0 saturated carbocycles. The quantitative estimate of drug-likeness (QED) is 0.839. The van der Waals surface area contributed by atoms with Crippen molar-refractivity contribution in [1.29, 1.82) is 0 Å². The van der Waals surface area contributed by atoms with Gasteiger partial charge in [-0.15, -0.1) is 0 Å². The Hall–Kier alpha value is -1.01. The third-order valence-electron chi connectivity index (χ3n) is 2.50. The summed E-state index contributed by atoms with van der Waals surface area (Å²) in [6.07, 6.45) is -2.58. The molecule has 1 rings (SSSR count). The van der Waals surface area contributed by atoms with Crippen LogP contribution in [0.3, 0.4) is 0 Å². The molecule has 0 saturated heterocycles. The van der Waals surface area contributed by atoms with E-state index in [0.717, 1.165) is 5.76 Å². The van der Waals surface area contributed by atoms with Gasteiger partial charge in [-0.25, -0.2) is 0 Å². The summed E-state index contributed by atoms with van der Waals surface area (Å²) in [5.74, 6) is 0.774.